The Morgan fingerprint density at radius 2 is 1.91 bits per heavy atom. The van der Waals surface area contributed by atoms with Gasteiger partial charge in [-0.15, -0.1) is 0 Å². The van der Waals surface area contributed by atoms with Crippen LogP contribution in [0.15, 0.2) is 0 Å². The van der Waals surface area contributed by atoms with E-state index in [9.17, 15) is 4.79 Å². The number of Topliss-reactive ketones (excluding diaryl/α,β-unsaturated/α-hetero) is 1. The first kappa shape index (κ1) is 10.6. The molecule has 0 atom stereocenters. The molecule has 2 heteroatoms. The van der Waals surface area contributed by atoms with Crippen molar-refractivity contribution in [2.75, 3.05) is 0 Å². The zero-order chi connectivity index (χ0) is 9.07. The molecule has 0 aromatic heterocycles. The van der Waals surface area contributed by atoms with Gasteiger partial charge in [-0.05, 0) is 34.6 Å². The van der Waals surface area contributed by atoms with Crippen LogP contribution in [0.2, 0.25) is 0 Å². The highest BCUT2D eigenvalue weighted by Crippen LogP contribution is 2.16. The van der Waals surface area contributed by atoms with Crippen LogP contribution in [-0.2, 0) is 9.53 Å². The Kier molecular flexibility index (Phi) is 3.73. The lowest BCUT2D eigenvalue weighted by atomic mass is 10.0. The molecule has 0 aromatic carbocycles. The molecule has 0 aliphatic heterocycles. The van der Waals surface area contributed by atoms with E-state index >= 15 is 0 Å². The number of rotatable bonds is 4. The molecule has 0 saturated carbocycles. The minimum atomic E-state index is -0.306. The van der Waals surface area contributed by atoms with Gasteiger partial charge in [0.1, 0.15) is 5.78 Å². The Labute approximate surface area is 68.9 Å². The van der Waals surface area contributed by atoms with Gasteiger partial charge in [-0.2, -0.15) is 0 Å². The summed E-state index contributed by atoms with van der Waals surface area (Å²) in [5, 5.41) is 0. The molecular weight excluding hydrogens is 140 g/mol. The van der Waals surface area contributed by atoms with Gasteiger partial charge in [0.15, 0.2) is 0 Å². The monoisotopic (exact) mass is 158 g/mol. The third-order valence-electron chi connectivity index (χ3n) is 1.23. The normalized spacial score (nSPS) is 12.2. The van der Waals surface area contributed by atoms with Crippen LogP contribution in [0.4, 0.5) is 0 Å². The molecule has 0 amide bonds. The number of carbonyl (C=O) groups excluding carboxylic acids is 1. The summed E-state index contributed by atoms with van der Waals surface area (Å²) in [6, 6.07) is 0. The Bertz CT molecular complexity index is 136. The quantitative estimate of drug-likeness (QED) is 0.626. The van der Waals surface area contributed by atoms with Crippen molar-refractivity contribution in [1.82, 2.24) is 0 Å². The average molecular weight is 158 g/mol. The third-order valence-corrected chi connectivity index (χ3v) is 1.23. The van der Waals surface area contributed by atoms with Crippen LogP contribution < -0.4 is 0 Å². The maximum atomic E-state index is 10.8. The highest BCUT2D eigenvalue weighted by Gasteiger charge is 2.21. The molecule has 2 nitrogen and oxygen atoms in total. The lowest BCUT2D eigenvalue weighted by Gasteiger charge is -2.26. The van der Waals surface area contributed by atoms with E-state index < -0.39 is 0 Å². The Balaban J connectivity index is 3.89. The first-order chi connectivity index (χ1) is 4.83. The summed E-state index contributed by atoms with van der Waals surface area (Å²) >= 11 is 0. The molecule has 11 heavy (non-hydrogen) atoms. The standard InChI is InChI=1S/C9H18O2/c1-7(2)11-9(4,5)6-8(3)10/h7H,6H2,1-5H3. The highest BCUT2D eigenvalue weighted by molar-refractivity contribution is 5.76. The van der Waals surface area contributed by atoms with Gasteiger partial charge in [-0.25, -0.2) is 0 Å². The van der Waals surface area contributed by atoms with Gasteiger partial charge in [0.25, 0.3) is 0 Å². The van der Waals surface area contributed by atoms with Gasteiger partial charge in [-0.3, -0.25) is 4.79 Å². The topological polar surface area (TPSA) is 26.3 Å². The molecule has 0 N–H and O–H groups in total. The molecule has 0 rings (SSSR count). The molecule has 0 unspecified atom stereocenters. The van der Waals surface area contributed by atoms with Crippen LogP contribution in [0.5, 0.6) is 0 Å². The third kappa shape index (κ3) is 6.05. The zero-order valence-electron chi connectivity index (χ0n) is 8.10. The largest absolute Gasteiger partial charge is 0.372 e. The summed E-state index contributed by atoms with van der Waals surface area (Å²) in [5.41, 5.74) is -0.306. The summed E-state index contributed by atoms with van der Waals surface area (Å²) in [5.74, 6) is 0.177. The van der Waals surface area contributed by atoms with Crippen molar-refractivity contribution in [3.63, 3.8) is 0 Å². The Morgan fingerprint density at radius 1 is 1.45 bits per heavy atom. The van der Waals surface area contributed by atoms with Gasteiger partial charge in [-0.1, -0.05) is 0 Å². The summed E-state index contributed by atoms with van der Waals surface area (Å²) in [6.07, 6.45) is 0.676. The predicted octanol–water partition coefficient (Wildman–Crippen LogP) is 2.17. The molecule has 0 bridgehead atoms. The van der Waals surface area contributed by atoms with Crippen LogP contribution in [0.3, 0.4) is 0 Å². The van der Waals surface area contributed by atoms with Crippen molar-refractivity contribution in [2.45, 2.75) is 52.7 Å². The Morgan fingerprint density at radius 3 is 2.18 bits per heavy atom. The van der Waals surface area contributed by atoms with Crippen molar-refractivity contribution >= 4 is 5.78 Å². The number of ether oxygens (including phenoxy) is 1. The smallest absolute Gasteiger partial charge is 0.132 e. The first-order valence-electron chi connectivity index (χ1n) is 4.01. The van der Waals surface area contributed by atoms with E-state index in [1.807, 2.05) is 27.7 Å². The Hall–Kier alpha value is -0.370. The fraction of sp³-hybridized carbons (Fsp3) is 0.889. The van der Waals surface area contributed by atoms with E-state index in [-0.39, 0.29) is 17.5 Å². The highest BCUT2D eigenvalue weighted by atomic mass is 16.5. The van der Waals surface area contributed by atoms with Crippen LogP contribution in [0.1, 0.15) is 41.0 Å². The summed E-state index contributed by atoms with van der Waals surface area (Å²) in [7, 11) is 0. The molecule has 0 saturated heterocycles. The second kappa shape index (κ2) is 3.86. The molecule has 66 valence electrons. The van der Waals surface area contributed by atoms with E-state index in [1.165, 1.54) is 0 Å². The van der Waals surface area contributed by atoms with Crippen molar-refractivity contribution in [2.24, 2.45) is 0 Å². The van der Waals surface area contributed by atoms with Crippen LogP contribution in [0, 0.1) is 0 Å². The van der Waals surface area contributed by atoms with Gasteiger partial charge < -0.3 is 4.74 Å². The summed E-state index contributed by atoms with van der Waals surface area (Å²) in [4.78, 5) is 10.8. The molecule has 0 aliphatic rings. The average Bonchev–Trinajstić information content (AvgIpc) is 1.53. The molecule has 0 aromatic rings. The van der Waals surface area contributed by atoms with Crippen molar-refractivity contribution in [1.29, 1.82) is 0 Å². The lowest BCUT2D eigenvalue weighted by molar-refractivity contribution is -0.125. The molecule has 0 heterocycles. The second-order valence-electron chi connectivity index (χ2n) is 3.81. The van der Waals surface area contributed by atoms with Gasteiger partial charge in [0.2, 0.25) is 0 Å². The van der Waals surface area contributed by atoms with Gasteiger partial charge in [0, 0.05) is 6.42 Å². The van der Waals surface area contributed by atoms with Gasteiger partial charge in [0.05, 0.1) is 11.7 Å². The fourth-order valence-corrected chi connectivity index (χ4v) is 1.28. The second-order valence-corrected chi connectivity index (χ2v) is 3.81. The maximum Gasteiger partial charge on any atom is 0.132 e. The van der Waals surface area contributed by atoms with Crippen molar-refractivity contribution < 1.29 is 9.53 Å². The summed E-state index contributed by atoms with van der Waals surface area (Å²) < 4.78 is 5.53. The maximum absolute atomic E-state index is 10.8. The van der Waals surface area contributed by atoms with E-state index in [0.717, 1.165) is 0 Å². The van der Waals surface area contributed by atoms with E-state index in [0.29, 0.717) is 6.42 Å². The zero-order valence-corrected chi connectivity index (χ0v) is 8.10. The van der Waals surface area contributed by atoms with Crippen LogP contribution in [-0.4, -0.2) is 17.5 Å². The number of hydrogen-bond donors (Lipinski definition) is 0. The molecular formula is C9H18O2. The molecule has 0 spiro atoms. The predicted molar refractivity (Wildman–Crippen MR) is 45.6 cm³/mol. The molecule has 0 radical (unpaired) electrons. The van der Waals surface area contributed by atoms with Crippen LogP contribution in [0.25, 0.3) is 0 Å². The van der Waals surface area contributed by atoms with E-state index in [2.05, 4.69) is 0 Å². The lowest BCUT2D eigenvalue weighted by Crippen LogP contribution is -2.30. The minimum absolute atomic E-state index is 0.177. The number of ketones is 1. The van der Waals surface area contributed by atoms with Crippen LogP contribution >= 0.6 is 0 Å². The SMILES string of the molecule is CC(=O)CC(C)(C)OC(C)C. The van der Waals surface area contributed by atoms with Crippen molar-refractivity contribution in [3.8, 4) is 0 Å². The number of carbonyl (C=O) groups is 1. The van der Waals surface area contributed by atoms with E-state index in [4.69, 9.17) is 4.74 Å². The van der Waals surface area contributed by atoms with Gasteiger partial charge >= 0.3 is 0 Å². The summed E-state index contributed by atoms with van der Waals surface area (Å²) in [6.45, 7) is 9.41. The fourth-order valence-electron chi connectivity index (χ4n) is 1.28. The molecule has 0 fully saturated rings. The first-order valence-corrected chi connectivity index (χ1v) is 4.01. The molecule has 0 aliphatic carbocycles. The van der Waals surface area contributed by atoms with Crippen molar-refractivity contribution in [3.05, 3.63) is 0 Å². The minimum Gasteiger partial charge on any atom is -0.372 e. The number of hydrogen-bond acceptors (Lipinski definition) is 2. The van der Waals surface area contributed by atoms with E-state index in [1.54, 1.807) is 6.92 Å².